The van der Waals surface area contributed by atoms with Crippen molar-refractivity contribution in [2.45, 2.75) is 26.2 Å². The predicted molar refractivity (Wildman–Crippen MR) is 72.3 cm³/mol. The molecule has 0 radical (unpaired) electrons. The highest BCUT2D eigenvalue weighted by Gasteiger charge is 2.22. The van der Waals surface area contributed by atoms with Gasteiger partial charge in [0.15, 0.2) is 17.3 Å². The van der Waals surface area contributed by atoms with Gasteiger partial charge >= 0.3 is 0 Å². The number of anilines is 1. The normalized spacial score (nSPS) is 23.7. The third kappa shape index (κ3) is 2.43. The van der Waals surface area contributed by atoms with E-state index in [1.165, 1.54) is 0 Å². The fourth-order valence-electron chi connectivity index (χ4n) is 2.47. The number of nitrogens with one attached hydrogen (secondary N) is 1. The third-order valence-corrected chi connectivity index (χ3v) is 3.63. The van der Waals surface area contributed by atoms with E-state index in [0.29, 0.717) is 0 Å². The first-order valence-corrected chi connectivity index (χ1v) is 6.63. The van der Waals surface area contributed by atoms with E-state index in [-0.39, 0.29) is 18.5 Å². The number of carbonyl (C=O) groups excluding carboxylic acids is 1. The molecule has 1 aromatic carbocycles. The van der Waals surface area contributed by atoms with Gasteiger partial charge in [0.1, 0.15) is 0 Å². The Morgan fingerprint density at radius 3 is 3.05 bits per heavy atom. The van der Waals surface area contributed by atoms with Gasteiger partial charge in [-0.2, -0.15) is 0 Å². The molecule has 0 spiro atoms. The Hall–Kier alpha value is -1.97. The number of benzene rings is 1. The van der Waals surface area contributed by atoms with E-state index in [1.54, 1.807) is 0 Å². The maximum atomic E-state index is 12.0. The number of ether oxygens (including phenoxy) is 2. The van der Waals surface area contributed by atoms with Crippen molar-refractivity contribution in [2.24, 2.45) is 5.92 Å². The molecule has 0 amide bonds. The van der Waals surface area contributed by atoms with Gasteiger partial charge in [-0.25, -0.2) is 0 Å². The number of ketones is 1. The number of Topliss-reactive ketones (excluding diaryl/α,β-unsaturated/α-hetero) is 1. The molecule has 19 heavy (non-hydrogen) atoms. The molecule has 2 aliphatic rings. The molecule has 4 nitrogen and oxygen atoms in total. The smallest absolute Gasteiger partial charge is 0.231 e. The molecule has 1 heterocycles. The first kappa shape index (κ1) is 12.1. The second-order valence-corrected chi connectivity index (χ2v) is 5.04. The van der Waals surface area contributed by atoms with E-state index in [1.807, 2.05) is 31.3 Å². The van der Waals surface area contributed by atoms with Crippen LogP contribution in [0.4, 0.5) is 5.69 Å². The lowest BCUT2D eigenvalue weighted by molar-refractivity contribution is -0.119. The largest absolute Gasteiger partial charge is 0.454 e. The van der Waals surface area contributed by atoms with Crippen LogP contribution in [0.25, 0.3) is 0 Å². The Kier molecular flexibility index (Phi) is 3.15. The molecule has 4 heteroatoms. The van der Waals surface area contributed by atoms with Crippen molar-refractivity contribution in [1.82, 2.24) is 0 Å². The summed E-state index contributed by atoms with van der Waals surface area (Å²) >= 11 is 0. The van der Waals surface area contributed by atoms with Gasteiger partial charge in [-0.3, -0.25) is 4.79 Å². The summed E-state index contributed by atoms with van der Waals surface area (Å²) in [6, 6.07) is 5.67. The summed E-state index contributed by atoms with van der Waals surface area (Å²) in [5.41, 5.74) is 1.79. The molecule has 1 aliphatic carbocycles. The zero-order chi connectivity index (χ0) is 13.2. The summed E-state index contributed by atoms with van der Waals surface area (Å²) in [6.07, 6.45) is 4.78. The summed E-state index contributed by atoms with van der Waals surface area (Å²) in [4.78, 5) is 12.0. The number of carbonyl (C=O) groups is 1. The number of fused-ring (bicyclic) bond motifs is 1. The third-order valence-electron chi connectivity index (χ3n) is 3.63. The van der Waals surface area contributed by atoms with Crippen molar-refractivity contribution in [3.63, 3.8) is 0 Å². The molecule has 3 rings (SSSR count). The molecule has 1 saturated carbocycles. The second kappa shape index (κ2) is 4.96. The lowest BCUT2D eigenvalue weighted by atomic mass is 9.86. The van der Waals surface area contributed by atoms with Gasteiger partial charge in [0.25, 0.3) is 0 Å². The van der Waals surface area contributed by atoms with Crippen molar-refractivity contribution in [1.29, 1.82) is 0 Å². The molecule has 0 aromatic heterocycles. The fourth-order valence-corrected chi connectivity index (χ4v) is 2.47. The maximum absolute atomic E-state index is 12.0. The lowest BCUT2D eigenvalue weighted by Gasteiger charge is -2.19. The highest BCUT2D eigenvalue weighted by atomic mass is 16.7. The van der Waals surface area contributed by atoms with Gasteiger partial charge in [0.2, 0.25) is 6.79 Å². The van der Waals surface area contributed by atoms with Crippen molar-refractivity contribution in [2.75, 3.05) is 12.1 Å². The Bertz CT molecular complexity index is 536. The van der Waals surface area contributed by atoms with Crippen LogP contribution in [0.5, 0.6) is 11.5 Å². The Labute approximate surface area is 112 Å². The minimum Gasteiger partial charge on any atom is -0.454 e. The van der Waals surface area contributed by atoms with Crippen LogP contribution in [0, 0.1) is 5.92 Å². The van der Waals surface area contributed by atoms with Crippen LogP contribution in [-0.4, -0.2) is 12.6 Å². The molecular weight excluding hydrogens is 242 g/mol. The topological polar surface area (TPSA) is 47.6 Å². The van der Waals surface area contributed by atoms with Crippen molar-refractivity contribution >= 4 is 11.5 Å². The summed E-state index contributed by atoms with van der Waals surface area (Å²) in [5.74, 6) is 1.92. The van der Waals surface area contributed by atoms with Gasteiger partial charge in [-0.1, -0.05) is 6.92 Å². The molecule has 0 saturated heterocycles. The van der Waals surface area contributed by atoms with Gasteiger partial charge in [-0.15, -0.1) is 0 Å². The van der Waals surface area contributed by atoms with E-state index in [9.17, 15) is 4.79 Å². The number of allylic oxidation sites excluding steroid dienone is 1. The van der Waals surface area contributed by atoms with Crippen molar-refractivity contribution in [3.05, 3.63) is 30.0 Å². The maximum Gasteiger partial charge on any atom is 0.231 e. The van der Waals surface area contributed by atoms with Crippen LogP contribution in [0.1, 0.15) is 26.2 Å². The molecule has 1 atom stereocenters. The molecule has 0 unspecified atom stereocenters. The van der Waals surface area contributed by atoms with Crippen LogP contribution in [0.3, 0.4) is 0 Å². The number of rotatable bonds is 2. The Morgan fingerprint density at radius 1 is 1.32 bits per heavy atom. The minimum atomic E-state index is 0.151. The van der Waals surface area contributed by atoms with Crippen LogP contribution < -0.4 is 14.8 Å². The summed E-state index contributed by atoms with van der Waals surface area (Å²) in [6.45, 7) is 2.27. The molecule has 1 aromatic rings. The quantitative estimate of drug-likeness (QED) is 0.829. The first-order valence-electron chi connectivity index (χ1n) is 6.63. The van der Waals surface area contributed by atoms with E-state index >= 15 is 0 Å². The van der Waals surface area contributed by atoms with E-state index in [0.717, 1.165) is 42.0 Å². The standard InChI is InChI=1S/C15H17NO3/c1-10-3-2-4-11(15(10)17)8-16-12-5-6-13-14(7-12)19-9-18-13/h5-8,10,16H,2-4,9H2,1H3/b11-8-/t10-/m0/s1. The minimum absolute atomic E-state index is 0.151. The second-order valence-electron chi connectivity index (χ2n) is 5.04. The first-order chi connectivity index (χ1) is 9.24. The van der Waals surface area contributed by atoms with Gasteiger partial charge in [0.05, 0.1) is 0 Å². The van der Waals surface area contributed by atoms with Crippen molar-refractivity contribution < 1.29 is 14.3 Å². The van der Waals surface area contributed by atoms with E-state index in [4.69, 9.17) is 9.47 Å². The number of hydrogen-bond donors (Lipinski definition) is 1. The summed E-state index contributed by atoms with van der Waals surface area (Å²) in [7, 11) is 0. The van der Waals surface area contributed by atoms with Gasteiger partial charge < -0.3 is 14.8 Å². The average Bonchev–Trinajstić information content (AvgIpc) is 2.88. The van der Waals surface area contributed by atoms with Crippen molar-refractivity contribution in [3.8, 4) is 11.5 Å². The Morgan fingerprint density at radius 2 is 2.16 bits per heavy atom. The molecule has 100 valence electrons. The highest BCUT2D eigenvalue weighted by molar-refractivity contribution is 5.97. The zero-order valence-corrected chi connectivity index (χ0v) is 10.9. The van der Waals surface area contributed by atoms with Gasteiger partial charge in [-0.05, 0) is 31.4 Å². The van der Waals surface area contributed by atoms with E-state index < -0.39 is 0 Å². The van der Waals surface area contributed by atoms with Crippen LogP contribution in [0.2, 0.25) is 0 Å². The lowest BCUT2D eigenvalue weighted by Crippen LogP contribution is -2.19. The SMILES string of the molecule is C[C@H]1CCC/C(=C/Nc2ccc3c(c2)OCO3)C1=O. The summed E-state index contributed by atoms with van der Waals surface area (Å²) < 4.78 is 10.6. The number of hydrogen-bond acceptors (Lipinski definition) is 4. The predicted octanol–water partition coefficient (Wildman–Crippen LogP) is 3.10. The molecular formula is C15H17NO3. The van der Waals surface area contributed by atoms with Crippen LogP contribution in [-0.2, 0) is 4.79 Å². The van der Waals surface area contributed by atoms with Gasteiger partial charge in [0, 0.05) is 29.4 Å². The highest BCUT2D eigenvalue weighted by Crippen LogP contribution is 2.34. The molecule has 1 N–H and O–H groups in total. The monoisotopic (exact) mass is 259 g/mol. The zero-order valence-electron chi connectivity index (χ0n) is 10.9. The summed E-state index contributed by atoms with van der Waals surface area (Å²) in [5, 5.41) is 3.18. The molecule has 1 fully saturated rings. The van der Waals surface area contributed by atoms with Crippen LogP contribution >= 0.6 is 0 Å². The molecule has 1 aliphatic heterocycles. The van der Waals surface area contributed by atoms with Crippen LogP contribution in [0.15, 0.2) is 30.0 Å². The Balaban J connectivity index is 1.73. The fraction of sp³-hybridized carbons (Fsp3) is 0.400. The van der Waals surface area contributed by atoms with E-state index in [2.05, 4.69) is 5.32 Å². The average molecular weight is 259 g/mol. The molecule has 0 bridgehead atoms.